The lowest BCUT2D eigenvalue weighted by atomic mass is 10.0. The van der Waals surface area contributed by atoms with E-state index in [4.69, 9.17) is 0 Å². The van der Waals surface area contributed by atoms with E-state index in [-0.39, 0.29) is 5.69 Å². The monoisotopic (exact) mass is 360 g/mol. The van der Waals surface area contributed by atoms with E-state index < -0.39 is 0 Å². The minimum Gasteiger partial charge on any atom is -0.369 e. The Morgan fingerprint density at radius 2 is 1.85 bits per heavy atom. The van der Waals surface area contributed by atoms with Gasteiger partial charge in [0.1, 0.15) is 5.82 Å². The molecule has 0 unspecified atom stereocenters. The molecule has 27 heavy (non-hydrogen) atoms. The molecule has 0 bridgehead atoms. The van der Waals surface area contributed by atoms with Gasteiger partial charge in [0.2, 0.25) is 5.95 Å². The molecule has 7 heteroatoms. The molecule has 0 saturated carbocycles. The number of aromatic nitrogens is 4. The molecule has 0 aliphatic heterocycles. The lowest BCUT2D eigenvalue weighted by Crippen LogP contribution is -2.11. The molecule has 7 nitrogen and oxygen atoms in total. The van der Waals surface area contributed by atoms with Crippen molar-refractivity contribution in [2.24, 2.45) is 0 Å². The van der Waals surface area contributed by atoms with Gasteiger partial charge in [-0.2, -0.15) is 4.98 Å². The summed E-state index contributed by atoms with van der Waals surface area (Å²) in [6, 6.07) is 17.8. The third-order valence-electron chi connectivity index (χ3n) is 4.39. The van der Waals surface area contributed by atoms with E-state index in [9.17, 15) is 4.79 Å². The molecule has 0 saturated heterocycles. The molecule has 0 aliphatic carbocycles. The SMILES string of the molecule is C[C@H](CNc1ccnc(Nc2ccc3[nH]c(=O)[nH]c3c2)n1)c1ccccc1. The first-order chi connectivity index (χ1) is 13.2. The molecule has 4 rings (SSSR count). The van der Waals surface area contributed by atoms with Crippen LogP contribution in [0.25, 0.3) is 11.0 Å². The van der Waals surface area contributed by atoms with Crippen LogP contribution in [0.5, 0.6) is 0 Å². The molecule has 136 valence electrons. The summed E-state index contributed by atoms with van der Waals surface area (Å²) in [5, 5.41) is 6.53. The van der Waals surface area contributed by atoms with Crippen molar-refractivity contribution in [3.8, 4) is 0 Å². The molecule has 0 amide bonds. The van der Waals surface area contributed by atoms with Crippen LogP contribution in [-0.4, -0.2) is 26.5 Å². The number of fused-ring (bicyclic) bond motifs is 1. The molecule has 0 aliphatic rings. The van der Waals surface area contributed by atoms with Crippen LogP contribution >= 0.6 is 0 Å². The predicted molar refractivity (Wildman–Crippen MR) is 108 cm³/mol. The third-order valence-corrected chi connectivity index (χ3v) is 4.39. The highest BCUT2D eigenvalue weighted by molar-refractivity contribution is 5.79. The number of anilines is 3. The van der Waals surface area contributed by atoms with Gasteiger partial charge in [0.15, 0.2) is 0 Å². The lowest BCUT2D eigenvalue weighted by Gasteiger charge is -2.14. The Balaban J connectivity index is 1.44. The van der Waals surface area contributed by atoms with Crippen LogP contribution in [0, 0.1) is 0 Å². The van der Waals surface area contributed by atoms with Gasteiger partial charge in [0.25, 0.3) is 0 Å². The molecular formula is C20H20N6O. The molecular weight excluding hydrogens is 340 g/mol. The van der Waals surface area contributed by atoms with E-state index in [1.54, 1.807) is 6.20 Å². The normalized spacial score (nSPS) is 12.0. The molecule has 1 atom stereocenters. The molecule has 4 N–H and O–H groups in total. The summed E-state index contributed by atoms with van der Waals surface area (Å²) in [6.07, 6.45) is 1.71. The summed E-state index contributed by atoms with van der Waals surface area (Å²) in [6.45, 7) is 2.95. The summed E-state index contributed by atoms with van der Waals surface area (Å²) in [4.78, 5) is 25.6. The van der Waals surface area contributed by atoms with Crippen LogP contribution in [0.1, 0.15) is 18.4 Å². The fourth-order valence-electron chi connectivity index (χ4n) is 2.91. The minimum absolute atomic E-state index is 0.225. The zero-order chi connectivity index (χ0) is 18.6. The standard InChI is InChI=1S/C20H20N6O/c1-13(14-5-3-2-4-6-14)12-22-18-9-10-21-19(26-18)23-15-7-8-16-17(11-15)25-20(27)24-16/h2-11,13H,12H2,1H3,(H2,24,25,27)(H2,21,22,23,26)/t13-/m1/s1. The van der Waals surface area contributed by atoms with E-state index in [1.807, 2.05) is 42.5 Å². The van der Waals surface area contributed by atoms with Crippen LogP contribution in [0.2, 0.25) is 0 Å². The first kappa shape index (κ1) is 16.8. The van der Waals surface area contributed by atoms with E-state index in [2.05, 4.69) is 49.6 Å². The van der Waals surface area contributed by atoms with E-state index >= 15 is 0 Å². The highest BCUT2D eigenvalue weighted by Gasteiger charge is 2.06. The Kier molecular flexibility index (Phi) is 4.57. The van der Waals surface area contributed by atoms with Crippen molar-refractivity contribution in [3.63, 3.8) is 0 Å². The van der Waals surface area contributed by atoms with Crippen molar-refractivity contribution in [3.05, 3.63) is 76.8 Å². The third kappa shape index (κ3) is 3.98. The van der Waals surface area contributed by atoms with Gasteiger partial charge in [0.05, 0.1) is 11.0 Å². The van der Waals surface area contributed by atoms with Crippen LogP contribution in [0.3, 0.4) is 0 Å². The second-order valence-corrected chi connectivity index (χ2v) is 6.42. The summed E-state index contributed by atoms with van der Waals surface area (Å²) >= 11 is 0. The van der Waals surface area contributed by atoms with Crippen molar-refractivity contribution in [2.75, 3.05) is 17.2 Å². The number of nitrogens with zero attached hydrogens (tertiary/aromatic N) is 2. The topological polar surface area (TPSA) is 98.5 Å². The Labute approximate surface area is 155 Å². The average Bonchev–Trinajstić information content (AvgIpc) is 3.06. The number of hydrogen-bond acceptors (Lipinski definition) is 5. The van der Waals surface area contributed by atoms with Gasteiger partial charge in [-0.3, -0.25) is 0 Å². The highest BCUT2D eigenvalue weighted by atomic mass is 16.1. The first-order valence-electron chi connectivity index (χ1n) is 8.78. The van der Waals surface area contributed by atoms with Crippen molar-refractivity contribution >= 4 is 28.5 Å². The van der Waals surface area contributed by atoms with Gasteiger partial charge in [0, 0.05) is 18.4 Å². The second-order valence-electron chi connectivity index (χ2n) is 6.42. The molecule has 0 fully saturated rings. The number of imidazole rings is 1. The fraction of sp³-hybridized carbons (Fsp3) is 0.150. The molecule has 2 heterocycles. The number of nitrogens with one attached hydrogen (secondary N) is 4. The average molecular weight is 360 g/mol. The highest BCUT2D eigenvalue weighted by Crippen LogP contribution is 2.19. The lowest BCUT2D eigenvalue weighted by molar-refractivity contribution is 0.801. The second kappa shape index (κ2) is 7.33. The summed E-state index contributed by atoms with van der Waals surface area (Å²) < 4.78 is 0. The molecule has 0 radical (unpaired) electrons. The predicted octanol–water partition coefficient (Wildman–Crippen LogP) is 3.61. The van der Waals surface area contributed by atoms with Gasteiger partial charge in [-0.05, 0) is 35.7 Å². The Hall–Kier alpha value is -3.61. The van der Waals surface area contributed by atoms with Crippen molar-refractivity contribution in [2.45, 2.75) is 12.8 Å². The Morgan fingerprint density at radius 3 is 2.70 bits per heavy atom. The van der Waals surface area contributed by atoms with E-state index in [1.165, 1.54) is 5.56 Å². The smallest absolute Gasteiger partial charge is 0.323 e. The van der Waals surface area contributed by atoms with Gasteiger partial charge < -0.3 is 20.6 Å². The molecule has 2 aromatic heterocycles. The van der Waals surface area contributed by atoms with Gasteiger partial charge in [-0.25, -0.2) is 9.78 Å². The number of benzene rings is 2. The van der Waals surface area contributed by atoms with Crippen molar-refractivity contribution in [1.29, 1.82) is 0 Å². The number of H-pyrrole nitrogens is 2. The zero-order valence-corrected chi connectivity index (χ0v) is 14.9. The molecule has 4 aromatic rings. The maximum atomic E-state index is 11.4. The van der Waals surface area contributed by atoms with Crippen LogP contribution < -0.4 is 16.3 Å². The fourth-order valence-corrected chi connectivity index (χ4v) is 2.91. The van der Waals surface area contributed by atoms with E-state index in [0.29, 0.717) is 11.9 Å². The summed E-state index contributed by atoms with van der Waals surface area (Å²) in [5.74, 6) is 1.61. The largest absolute Gasteiger partial charge is 0.369 e. The van der Waals surface area contributed by atoms with Gasteiger partial charge >= 0.3 is 5.69 Å². The first-order valence-corrected chi connectivity index (χ1v) is 8.78. The van der Waals surface area contributed by atoms with Gasteiger partial charge in [-0.1, -0.05) is 37.3 Å². The number of aromatic amines is 2. The number of rotatable bonds is 6. The van der Waals surface area contributed by atoms with Crippen LogP contribution in [-0.2, 0) is 0 Å². The Bertz CT molecular complexity index is 1100. The molecule has 2 aromatic carbocycles. The molecule has 0 spiro atoms. The maximum absolute atomic E-state index is 11.4. The maximum Gasteiger partial charge on any atom is 0.323 e. The number of hydrogen-bond donors (Lipinski definition) is 4. The summed E-state index contributed by atoms with van der Waals surface area (Å²) in [5.41, 5.74) is 3.35. The van der Waals surface area contributed by atoms with Crippen molar-refractivity contribution in [1.82, 2.24) is 19.9 Å². The van der Waals surface area contributed by atoms with Gasteiger partial charge in [-0.15, -0.1) is 0 Å². The van der Waals surface area contributed by atoms with Crippen LogP contribution in [0.15, 0.2) is 65.6 Å². The van der Waals surface area contributed by atoms with Crippen LogP contribution in [0.4, 0.5) is 17.5 Å². The summed E-state index contributed by atoms with van der Waals surface area (Å²) in [7, 11) is 0. The van der Waals surface area contributed by atoms with E-state index in [0.717, 1.165) is 29.1 Å². The zero-order valence-electron chi connectivity index (χ0n) is 14.9. The Morgan fingerprint density at radius 1 is 1.04 bits per heavy atom. The van der Waals surface area contributed by atoms with Crippen molar-refractivity contribution < 1.29 is 0 Å². The minimum atomic E-state index is -0.225. The quantitative estimate of drug-likeness (QED) is 0.421.